The number of anilines is 1. The summed E-state index contributed by atoms with van der Waals surface area (Å²) in [4.78, 5) is 15.6. The Kier molecular flexibility index (Phi) is 4.15. The number of aromatic amines is 1. The van der Waals surface area contributed by atoms with Crippen molar-refractivity contribution in [1.29, 1.82) is 0 Å². The van der Waals surface area contributed by atoms with Crippen molar-refractivity contribution in [3.05, 3.63) is 78.5 Å². The molecular weight excluding hydrogens is 333 g/mol. The number of fused-ring (bicyclic) bond motifs is 1. The molecule has 6 heteroatoms. The third kappa shape index (κ3) is 3.17. The van der Waals surface area contributed by atoms with Gasteiger partial charge >= 0.3 is 6.03 Å². The summed E-state index contributed by atoms with van der Waals surface area (Å²) in [6, 6.07) is 17.0. The fourth-order valence-corrected chi connectivity index (χ4v) is 2.84. The number of halogens is 1. The molecule has 2 aromatic carbocycles. The molecule has 0 fully saturated rings. The highest BCUT2D eigenvalue weighted by Gasteiger charge is 2.15. The van der Waals surface area contributed by atoms with E-state index in [2.05, 4.69) is 15.6 Å². The van der Waals surface area contributed by atoms with Crippen molar-refractivity contribution in [1.82, 2.24) is 10.3 Å². The van der Waals surface area contributed by atoms with Crippen molar-refractivity contribution in [3.63, 3.8) is 0 Å². The van der Waals surface area contributed by atoms with Crippen LogP contribution in [-0.4, -0.2) is 11.0 Å². The van der Waals surface area contributed by atoms with Crippen LogP contribution < -0.4 is 10.6 Å². The number of H-pyrrole nitrogens is 1. The molecule has 3 N–H and O–H groups in total. The van der Waals surface area contributed by atoms with Crippen molar-refractivity contribution in [2.45, 2.75) is 6.54 Å². The zero-order chi connectivity index (χ0) is 17.9. The molecule has 0 atom stereocenters. The average Bonchev–Trinajstić information content (AvgIpc) is 3.29. The molecule has 4 rings (SSSR count). The second-order valence-corrected chi connectivity index (χ2v) is 5.81. The summed E-state index contributed by atoms with van der Waals surface area (Å²) in [5, 5.41) is 6.53. The Bertz CT molecular complexity index is 1040. The molecule has 0 radical (unpaired) electrons. The number of rotatable bonds is 4. The maximum atomic E-state index is 13.3. The quantitative estimate of drug-likeness (QED) is 0.491. The molecule has 0 saturated heterocycles. The van der Waals surface area contributed by atoms with Gasteiger partial charge in [0.1, 0.15) is 11.6 Å². The van der Waals surface area contributed by atoms with Gasteiger partial charge in [-0.25, -0.2) is 9.18 Å². The van der Waals surface area contributed by atoms with Crippen LogP contribution in [0, 0.1) is 5.82 Å². The van der Waals surface area contributed by atoms with Gasteiger partial charge in [0, 0.05) is 16.5 Å². The molecular formula is C20H16FN3O2. The maximum absolute atomic E-state index is 13.3. The molecule has 2 heterocycles. The van der Waals surface area contributed by atoms with Gasteiger partial charge in [0.25, 0.3) is 0 Å². The van der Waals surface area contributed by atoms with E-state index in [1.165, 1.54) is 12.1 Å². The first-order valence-electron chi connectivity index (χ1n) is 8.14. The number of hydrogen-bond acceptors (Lipinski definition) is 2. The van der Waals surface area contributed by atoms with Crippen molar-refractivity contribution < 1.29 is 13.6 Å². The van der Waals surface area contributed by atoms with Crippen LogP contribution in [0.1, 0.15) is 5.76 Å². The Morgan fingerprint density at radius 2 is 1.85 bits per heavy atom. The van der Waals surface area contributed by atoms with E-state index in [1.54, 1.807) is 30.5 Å². The SMILES string of the molecule is O=C(NCc1ccco1)Nc1c(-c2ccc(F)cc2)[nH]c2ccccc12. The fourth-order valence-electron chi connectivity index (χ4n) is 2.84. The Balaban J connectivity index is 1.65. The lowest BCUT2D eigenvalue weighted by Crippen LogP contribution is -2.28. The van der Waals surface area contributed by atoms with Crippen LogP contribution in [0.15, 0.2) is 71.3 Å². The molecule has 0 unspecified atom stereocenters. The van der Waals surface area contributed by atoms with Gasteiger partial charge in [0.2, 0.25) is 0 Å². The van der Waals surface area contributed by atoms with Crippen molar-refractivity contribution in [3.8, 4) is 11.3 Å². The Morgan fingerprint density at radius 1 is 1.04 bits per heavy atom. The standard InChI is InChI=1S/C20H16FN3O2/c21-14-9-7-13(8-10-14)18-19(16-5-1-2-6-17(16)23-18)24-20(25)22-12-15-4-3-11-26-15/h1-11,23H,12H2,(H2,22,24,25). The Labute approximate surface area is 148 Å². The highest BCUT2D eigenvalue weighted by atomic mass is 19.1. The number of benzene rings is 2. The predicted molar refractivity (Wildman–Crippen MR) is 98.3 cm³/mol. The fraction of sp³-hybridized carbons (Fsp3) is 0.0500. The van der Waals surface area contributed by atoms with Crippen LogP contribution >= 0.6 is 0 Å². The van der Waals surface area contributed by atoms with E-state index in [0.29, 0.717) is 11.4 Å². The molecule has 26 heavy (non-hydrogen) atoms. The minimum Gasteiger partial charge on any atom is -0.467 e. The minimum atomic E-state index is -0.352. The van der Waals surface area contributed by atoms with Crippen LogP contribution in [0.3, 0.4) is 0 Å². The van der Waals surface area contributed by atoms with Gasteiger partial charge in [-0.05, 0) is 42.5 Å². The molecule has 0 bridgehead atoms. The maximum Gasteiger partial charge on any atom is 0.319 e. The summed E-state index contributed by atoms with van der Waals surface area (Å²) in [6.07, 6.45) is 1.56. The van der Waals surface area contributed by atoms with E-state index >= 15 is 0 Å². The van der Waals surface area contributed by atoms with E-state index in [4.69, 9.17) is 4.42 Å². The van der Waals surface area contributed by atoms with E-state index in [9.17, 15) is 9.18 Å². The summed E-state index contributed by atoms with van der Waals surface area (Å²) < 4.78 is 18.5. The first kappa shape index (κ1) is 16.0. The minimum absolute atomic E-state index is 0.285. The third-order valence-corrected chi connectivity index (χ3v) is 4.08. The monoisotopic (exact) mass is 349 g/mol. The summed E-state index contributed by atoms with van der Waals surface area (Å²) in [6.45, 7) is 0.285. The van der Waals surface area contributed by atoms with Crippen molar-refractivity contribution in [2.24, 2.45) is 0 Å². The molecule has 5 nitrogen and oxygen atoms in total. The lowest BCUT2D eigenvalue weighted by molar-refractivity contribution is 0.251. The topological polar surface area (TPSA) is 70.1 Å². The molecule has 0 aliphatic carbocycles. The summed E-state index contributed by atoms with van der Waals surface area (Å²) in [7, 11) is 0. The molecule has 0 spiro atoms. The normalized spacial score (nSPS) is 10.8. The lowest BCUT2D eigenvalue weighted by atomic mass is 10.1. The molecule has 0 aliphatic heterocycles. The van der Waals surface area contributed by atoms with Crippen LogP contribution in [-0.2, 0) is 6.54 Å². The Morgan fingerprint density at radius 3 is 2.62 bits per heavy atom. The zero-order valence-corrected chi connectivity index (χ0v) is 13.8. The van der Waals surface area contributed by atoms with Gasteiger partial charge in [-0.3, -0.25) is 0 Å². The smallest absolute Gasteiger partial charge is 0.319 e. The number of amides is 2. The molecule has 2 amide bonds. The predicted octanol–water partition coefficient (Wildman–Crippen LogP) is 4.89. The van der Waals surface area contributed by atoms with Crippen LogP contribution in [0.2, 0.25) is 0 Å². The van der Waals surface area contributed by atoms with E-state index in [1.807, 2.05) is 24.3 Å². The zero-order valence-electron chi connectivity index (χ0n) is 13.8. The first-order chi connectivity index (χ1) is 12.7. The summed E-state index contributed by atoms with van der Waals surface area (Å²) in [5.74, 6) is 0.355. The molecule has 2 aromatic heterocycles. The summed E-state index contributed by atoms with van der Waals surface area (Å²) >= 11 is 0. The third-order valence-electron chi connectivity index (χ3n) is 4.08. The molecule has 0 saturated carbocycles. The number of carbonyl (C=O) groups excluding carboxylic acids is 1. The van der Waals surface area contributed by atoms with Gasteiger partial charge in [-0.2, -0.15) is 0 Å². The number of para-hydroxylation sites is 1. The largest absolute Gasteiger partial charge is 0.467 e. The molecule has 4 aromatic rings. The van der Waals surface area contributed by atoms with Gasteiger partial charge in [-0.1, -0.05) is 18.2 Å². The van der Waals surface area contributed by atoms with Gasteiger partial charge in [0.05, 0.1) is 24.2 Å². The van der Waals surface area contributed by atoms with E-state index in [-0.39, 0.29) is 18.4 Å². The number of urea groups is 1. The summed E-state index contributed by atoms with van der Waals surface area (Å²) in [5.41, 5.74) is 3.03. The number of aromatic nitrogens is 1. The number of furan rings is 1. The first-order valence-corrected chi connectivity index (χ1v) is 8.14. The van der Waals surface area contributed by atoms with E-state index in [0.717, 1.165) is 22.2 Å². The van der Waals surface area contributed by atoms with Crippen LogP contribution in [0.25, 0.3) is 22.2 Å². The molecule has 130 valence electrons. The molecule has 0 aliphatic rings. The van der Waals surface area contributed by atoms with Gasteiger partial charge < -0.3 is 20.0 Å². The highest BCUT2D eigenvalue weighted by Crippen LogP contribution is 2.34. The lowest BCUT2D eigenvalue weighted by Gasteiger charge is -2.09. The number of carbonyl (C=O) groups is 1. The second kappa shape index (κ2) is 6.76. The highest BCUT2D eigenvalue weighted by molar-refractivity contribution is 6.07. The van der Waals surface area contributed by atoms with Gasteiger partial charge in [-0.15, -0.1) is 0 Å². The van der Waals surface area contributed by atoms with Crippen LogP contribution in [0.5, 0.6) is 0 Å². The van der Waals surface area contributed by atoms with Crippen molar-refractivity contribution in [2.75, 3.05) is 5.32 Å². The van der Waals surface area contributed by atoms with Crippen LogP contribution in [0.4, 0.5) is 14.9 Å². The number of nitrogens with one attached hydrogen (secondary N) is 3. The Hall–Kier alpha value is -3.54. The number of hydrogen-bond donors (Lipinski definition) is 3. The second-order valence-electron chi connectivity index (χ2n) is 5.81. The van der Waals surface area contributed by atoms with Crippen molar-refractivity contribution >= 4 is 22.6 Å². The average molecular weight is 349 g/mol. The van der Waals surface area contributed by atoms with Gasteiger partial charge in [0.15, 0.2) is 0 Å². The van der Waals surface area contributed by atoms with E-state index < -0.39 is 0 Å².